The Morgan fingerprint density at radius 2 is 1.88 bits per heavy atom. The molecule has 0 heterocycles. The van der Waals surface area contributed by atoms with Crippen LogP contribution >= 0.6 is 0 Å². The van der Waals surface area contributed by atoms with Gasteiger partial charge < -0.3 is 10.8 Å². The lowest BCUT2D eigenvalue weighted by molar-refractivity contribution is -0.141. The maximum absolute atomic E-state index is 11.9. The van der Waals surface area contributed by atoms with E-state index >= 15 is 0 Å². The highest BCUT2D eigenvalue weighted by Crippen LogP contribution is 2.33. The Morgan fingerprint density at radius 3 is 2.19 bits per heavy atom. The number of nitrogens with two attached hydrogens (primary N) is 1. The fourth-order valence-corrected chi connectivity index (χ4v) is 1.52. The zero-order chi connectivity index (χ0) is 13.0. The molecule has 0 aromatic rings. The number of carboxylic acids is 1. The van der Waals surface area contributed by atoms with Gasteiger partial charge in [0.1, 0.15) is 0 Å². The average molecular weight is 241 g/mol. The molecule has 3 nitrogen and oxygen atoms in total. The summed E-state index contributed by atoms with van der Waals surface area (Å²) in [5, 5.41) is 8.68. The van der Waals surface area contributed by atoms with Crippen molar-refractivity contribution in [3.05, 3.63) is 0 Å². The molecule has 0 aliphatic heterocycles. The van der Waals surface area contributed by atoms with Crippen molar-refractivity contribution in [1.82, 2.24) is 0 Å². The number of rotatable bonds is 6. The van der Waals surface area contributed by atoms with Crippen molar-refractivity contribution in [2.24, 2.45) is 11.1 Å². The molecule has 16 heavy (non-hydrogen) atoms. The number of carbonyl (C=O) groups is 1. The van der Waals surface area contributed by atoms with Gasteiger partial charge in [-0.25, -0.2) is 0 Å². The van der Waals surface area contributed by atoms with Crippen LogP contribution in [0.2, 0.25) is 0 Å². The van der Waals surface area contributed by atoms with E-state index in [1.807, 2.05) is 0 Å². The first-order valence-corrected chi connectivity index (χ1v) is 5.11. The highest BCUT2D eigenvalue weighted by atomic mass is 19.4. The monoisotopic (exact) mass is 241 g/mol. The van der Waals surface area contributed by atoms with Crippen LogP contribution in [-0.2, 0) is 4.79 Å². The van der Waals surface area contributed by atoms with Crippen molar-refractivity contribution in [2.75, 3.05) is 0 Å². The summed E-state index contributed by atoms with van der Waals surface area (Å²) in [5.74, 6) is -1.04. The molecule has 0 aromatic heterocycles. The van der Waals surface area contributed by atoms with Crippen LogP contribution in [0.5, 0.6) is 0 Å². The Kier molecular flexibility index (Phi) is 5.25. The lowest BCUT2D eigenvalue weighted by atomic mass is 9.76. The molecule has 0 aliphatic carbocycles. The van der Waals surface area contributed by atoms with Gasteiger partial charge in [0.2, 0.25) is 0 Å². The van der Waals surface area contributed by atoms with E-state index in [1.54, 1.807) is 13.8 Å². The molecule has 0 bridgehead atoms. The van der Waals surface area contributed by atoms with Gasteiger partial charge in [0.25, 0.3) is 0 Å². The molecule has 0 saturated heterocycles. The summed E-state index contributed by atoms with van der Waals surface area (Å²) in [5.41, 5.74) is 4.84. The van der Waals surface area contributed by atoms with E-state index in [0.717, 1.165) is 0 Å². The zero-order valence-corrected chi connectivity index (χ0v) is 9.47. The van der Waals surface area contributed by atoms with Crippen LogP contribution in [0.15, 0.2) is 0 Å². The minimum atomic E-state index is -4.19. The number of hydrogen-bond acceptors (Lipinski definition) is 2. The van der Waals surface area contributed by atoms with E-state index in [9.17, 15) is 18.0 Å². The lowest BCUT2D eigenvalue weighted by Gasteiger charge is -2.32. The molecule has 6 heteroatoms. The summed E-state index contributed by atoms with van der Waals surface area (Å²) in [4.78, 5) is 10.6. The number of alkyl halides is 3. The Labute approximate surface area is 92.8 Å². The summed E-state index contributed by atoms with van der Waals surface area (Å²) >= 11 is 0. The molecule has 0 radical (unpaired) electrons. The largest absolute Gasteiger partial charge is 0.481 e. The molecule has 0 aliphatic rings. The molecule has 0 saturated carbocycles. The molecule has 0 fully saturated rings. The molecule has 0 aromatic carbocycles. The fraction of sp³-hybridized carbons (Fsp3) is 0.900. The van der Waals surface area contributed by atoms with Crippen molar-refractivity contribution in [3.63, 3.8) is 0 Å². The van der Waals surface area contributed by atoms with Crippen LogP contribution < -0.4 is 5.73 Å². The van der Waals surface area contributed by atoms with Crippen LogP contribution in [0.4, 0.5) is 13.2 Å². The molecule has 2 unspecified atom stereocenters. The zero-order valence-electron chi connectivity index (χ0n) is 9.47. The number of carboxylic acid groups (broad SMARTS) is 1. The highest BCUT2D eigenvalue weighted by molar-refractivity contribution is 5.67. The minimum absolute atomic E-state index is 0.0885. The van der Waals surface area contributed by atoms with Gasteiger partial charge in [-0.3, -0.25) is 4.79 Å². The van der Waals surface area contributed by atoms with Gasteiger partial charge in [0, 0.05) is 12.5 Å². The standard InChI is InChI=1S/C10H18F3NO2/c1-7(14)9(2,6-8(15)16)4-3-5-10(11,12)13/h7H,3-6,14H2,1-2H3,(H,15,16). The van der Waals surface area contributed by atoms with Crippen molar-refractivity contribution in [1.29, 1.82) is 0 Å². The van der Waals surface area contributed by atoms with Crippen molar-refractivity contribution in [3.8, 4) is 0 Å². The van der Waals surface area contributed by atoms with Crippen LogP contribution in [0.3, 0.4) is 0 Å². The van der Waals surface area contributed by atoms with Gasteiger partial charge in [-0.1, -0.05) is 6.92 Å². The maximum Gasteiger partial charge on any atom is 0.389 e. The summed E-state index contributed by atoms with van der Waals surface area (Å²) in [7, 11) is 0. The van der Waals surface area contributed by atoms with E-state index in [1.165, 1.54) is 0 Å². The molecule has 0 rings (SSSR count). The quantitative estimate of drug-likeness (QED) is 0.751. The second kappa shape index (κ2) is 5.52. The first-order chi connectivity index (χ1) is 7.07. The van der Waals surface area contributed by atoms with Gasteiger partial charge in [-0.05, 0) is 25.2 Å². The van der Waals surface area contributed by atoms with Gasteiger partial charge in [-0.15, -0.1) is 0 Å². The van der Waals surface area contributed by atoms with Crippen LogP contribution in [0.25, 0.3) is 0 Å². The number of hydrogen-bond donors (Lipinski definition) is 2. The normalized spacial score (nSPS) is 17.9. The van der Waals surface area contributed by atoms with E-state index in [0.29, 0.717) is 0 Å². The Balaban J connectivity index is 4.29. The second-order valence-corrected chi connectivity index (χ2v) is 4.48. The Morgan fingerprint density at radius 1 is 1.38 bits per heavy atom. The van der Waals surface area contributed by atoms with Gasteiger partial charge in [0.05, 0.1) is 6.42 Å². The Hall–Kier alpha value is -0.780. The number of aliphatic carboxylic acids is 1. The predicted octanol–water partition coefficient (Wildman–Crippen LogP) is 2.55. The smallest absolute Gasteiger partial charge is 0.389 e. The molecular weight excluding hydrogens is 223 g/mol. The van der Waals surface area contributed by atoms with Crippen LogP contribution in [0, 0.1) is 5.41 Å². The fourth-order valence-electron chi connectivity index (χ4n) is 1.52. The highest BCUT2D eigenvalue weighted by Gasteiger charge is 2.33. The Bertz CT molecular complexity index is 241. The van der Waals surface area contributed by atoms with Crippen LogP contribution in [-0.4, -0.2) is 23.3 Å². The third-order valence-corrected chi connectivity index (χ3v) is 2.86. The average Bonchev–Trinajstić information content (AvgIpc) is 1.99. The summed E-state index contributed by atoms with van der Waals surface area (Å²) in [6, 6.07) is -0.447. The minimum Gasteiger partial charge on any atom is -0.481 e. The SMILES string of the molecule is CC(N)C(C)(CCCC(F)(F)F)CC(=O)O. The van der Waals surface area contributed by atoms with Gasteiger partial charge >= 0.3 is 12.1 Å². The van der Waals surface area contributed by atoms with Gasteiger partial charge in [-0.2, -0.15) is 13.2 Å². The van der Waals surface area contributed by atoms with Crippen LogP contribution in [0.1, 0.15) is 39.5 Å². The lowest BCUT2D eigenvalue weighted by Crippen LogP contribution is -2.39. The first kappa shape index (κ1) is 15.2. The third-order valence-electron chi connectivity index (χ3n) is 2.86. The first-order valence-electron chi connectivity index (χ1n) is 5.11. The molecular formula is C10H18F3NO2. The second-order valence-electron chi connectivity index (χ2n) is 4.48. The van der Waals surface area contributed by atoms with Crippen molar-refractivity contribution >= 4 is 5.97 Å². The van der Waals surface area contributed by atoms with E-state index < -0.39 is 30.0 Å². The molecule has 2 atom stereocenters. The summed E-state index contributed by atoms with van der Waals surface area (Å²) < 4.78 is 35.8. The van der Waals surface area contributed by atoms with Crippen molar-refractivity contribution < 1.29 is 23.1 Å². The molecule has 0 spiro atoms. The third kappa shape index (κ3) is 5.95. The van der Waals surface area contributed by atoms with Gasteiger partial charge in [0.15, 0.2) is 0 Å². The molecule has 96 valence electrons. The predicted molar refractivity (Wildman–Crippen MR) is 53.9 cm³/mol. The van der Waals surface area contributed by atoms with E-state index in [4.69, 9.17) is 10.8 Å². The van der Waals surface area contributed by atoms with Crippen molar-refractivity contribution in [2.45, 2.75) is 51.7 Å². The molecule has 3 N–H and O–H groups in total. The van der Waals surface area contributed by atoms with E-state index in [2.05, 4.69) is 0 Å². The number of halogens is 3. The summed E-state index contributed by atoms with van der Waals surface area (Å²) in [6.07, 6.45) is -5.22. The maximum atomic E-state index is 11.9. The molecule has 0 amide bonds. The van der Waals surface area contributed by atoms with E-state index in [-0.39, 0.29) is 19.3 Å². The summed E-state index contributed by atoms with van der Waals surface area (Å²) in [6.45, 7) is 3.23. The topological polar surface area (TPSA) is 63.3 Å².